The Morgan fingerprint density at radius 3 is 2.27 bits per heavy atom. The van der Waals surface area contributed by atoms with Gasteiger partial charge in [0, 0.05) is 45.8 Å². The van der Waals surface area contributed by atoms with Gasteiger partial charge in [0.1, 0.15) is 11.6 Å². The van der Waals surface area contributed by atoms with Gasteiger partial charge in [-0.25, -0.2) is 0 Å². The second kappa shape index (κ2) is 11.5. The Hall–Kier alpha value is -2.27. The Morgan fingerprint density at radius 1 is 0.950 bits per heavy atom. The SMILES string of the molecule is CCCN1CC=C[C@@]2(C)O[C@]34C=CCN(CCN5CCOCC5)C(=O)C3N([C@@H](CO)[C@@H](C)CC)C(=O)[C@@H]4[C@H]2C1=O. The monoisotopic (exact) mass is 558 g/mol. The number of morpholine rings is 1. The summed E-state index contributed by atoms with van der Waals surface area (Å²) in [5, 5.41) is 10.6. The van der Waals surface area contributed by atoms with E-state index in [1.54, 1.807) is 14.7 Å². The number of hydrogen-bond donors (Lipinski definition) is 1. The maximum absolute atomic E-state index is 14.6. The number of aliphatic hydroxyl groups is 1. The minimum absolute atomic E-state index is 0.0423. The number of hydrogen-bond acceptors (Lipinski definition) is 7. The minimum Gasteiger partial charge on any atom is -0.394 e. The predicted molar refractivity (Wildman–Crippen MR) is 149 cm³/mol. The van der Waals surface area contributed by atoms with E-state index in [1.165, 1.54) is 0 Å². The summed E-state index contributed by atoms with van der Waals surface area (Å²) in [6.45, 7) is 13.4. The van der Waals surface area contributed by atoms with Crippen molar-refractivity contribution in [3.63, 3.8) is 0 Å². The largest absolute Gasteiger partial charge is 0.394 e. The van der Waals surface area contributed by atoms with Crippen LogP contribution in [-0.2, 0) is 23.9 Å². The van der Waals surface area contributed by atoms with Crippen molar-refractivity contribution >= 4 is 17.7 Å². The highest BCUT2D eigenvalue weighted by Gasteiger charge is 2.75. The van der Waals surface area contributed by atoms with Gasteiger partial charge in [-0.15, -0.1) is 0 Å². The molecule has 0 bridgehead atoms. The fraction of sp³-hybridized carbons (Fsp3) is 0.767. The lowest BCUT2D eigenvalue weighted by Gasteiger charge is -2.41. The maximum Gasteiger partial charge on any atom is 0.249 e. The molecule has 5 rings (SSSR count). The maximum atomic E-state index is 14.6. The number of rotatable bonds is 9. The van der Waals surface area contributed by atoms with E-state index in [-0.39, 0.29) is 30.2 Å². The fourth-order valence-corrected chi connectivity index (χ4v) is 7.49. The molecule has 0 radical (unpaired) electrons. The second-order valence-electron chi connectivity index (χ2n) is 12.2. The number of ether oxygens (including phenoxy) is 2. The summed E-state index contributed by atoms with van der Waals surface area (Å²) in [7, 11) is 0. The Labute approximate surface area is 237 Å². The molecule has 10 heteroatoms. The van der Waals surface area contributed by atoms with Crippen LogP contribution < -0.4 is 0 Å². The van der Waals surface area contributed by atoms with E-state index in [2.05, 4.69) is 4.90 Å². The van der Waals surface area contributed by atoms with Crippen LogP contribution in [-0.4, -0.2) is 131 Å². The summed E-state index contributed by atoms with van der Waals surface area (Å²) in [6, 6.07) is -1.51. The van der Waals surface area contributed by atoms with Crippen LogP contribution in [0.5, 0.6) is 0 Å². The summed E-state index contributed by atoms with van der Waals surface area (Å²) < 4.78 is 12.4. The average molecular weight is 559 g/mol. The second-order valence-corrected chi connectivity index (χ2v) is 12.2. The lowest BCUT2D eigenvalue weighted by atomic mass is 9.74. The molecule has 222 valence electrons. The van der Waals surface area contributed by atoms with Gasteiger partial charge in [0.2, 0.25) is 17.7 Å². The van der Waals surface area contributed by atoms with E-state index in [9.17, 15) is 19.5 Å². The lowest BCUT2D eigenvalue weighted by Crippen LogP contribution is -2.60. The van der Waals surface area contributed by atoms with E-state index in [0.29, 0.717) is 45.9 Å². The van der Waals surface area contributed by atoms with Gasteiger partial charge in [-0.2, -0.15) is 0 Å². The quantitative estimate of drug-likeness (QED) is 0.420. The number of likely N-dealkylation sites (tertiary alicyclic amines) is 1. The molecular weight excluding hydrogens is 512 g/mol. The third-order valence-electron chi connectivity index (χ3n) is 9.79. The lowest BCUT2D eigenvalue weighted by molar-refractivity contribution is -0.157. The summed E-state index contributed by atoms with van der Waals surface area (Å²) in [6.07, 6.45) is 9.24. The van der Waals surface area contributed by atoms with E-state index in [4.69, 9.17) is 9.47 Å². The molecule has 40 heavy (non-hydrogen) atoms. The van der Waals surface area contributed by atoms with Crippen molar-refractivity contribution in [1.29, 1.82) is 0 Å². The van der Waals surface area contributed by atoms with E-state index < -0.39 is 35.1 Å². The van der Waals surface area contributed by atoms with Gasteiger partial charge in [-0.3, -0.25) is 19.3 Å². The zero-order valence-electron chi connectivity index (χ0n) is 24.5. The molecule has 7 atom stereocenters. The van der Waals surface area contributed by atoms with Crippen molar-refractivity contribution in [3.8, 4) is 0 Å². The Balaban J connectivity index is 1.56. The van der Waals surface area contributed by atoms with Crippen molar-refractivity contribution in [2.45, 2.75) is 63.8 Å². The Morgan fingerprint density at radius 2 is 1.62 bits per heavy atom. The van der Waals surface area contributed by atoms with Gasteiger partial charge in [0.25, 0.3) is 0 Å². The van der Waals surface area contributed by atoms with Gasteiger partial charge >= 0.3 is 0 Å². The molecule has 0 aromatic rings. The van der Waals surface area contributed by atoms with Crippen LogP contribution in [0, 0.1) is 17.8 Å². The van der Waals surface area contributed by atoms with Crippen LogP contribution in [0.15, 0.2) is 24.3 Å². The van der Waals surface area contributed by atoms with E-state index in [1.807, 2.05) is 52.0 Å². The molecule has 0 aromatic carbocycles. The first kappa shape index (κ1) is 29.2. The van der Waals surface area contributed by atoms with Crippen LogP contribution >= 0.6 is 0 Å². The standard InChI is InChI=1S/C30H46N4O6/c1-5-11-32-12-7-9-29(4)23(26(32)36)24-27(37)34(22(20-35)21(3)6-2)25-28(38)33(13-8-10-30(24,25)40-29)15-14-31-16-18-39-19-17-31/h7-10,21-25,35H,5-6,11-20H2,1-4H3/t21-,22-,23-,24-,25?,29+,30-/m0/s1. The molecule has 0 aromatic heterocycles. The third-order valence-corrected chi connectivity index (χ3v) is 9.79. The van der Waals surface area contributed by atoms with Crippen molar-refractivity contribution in [1.82, 2.24) is 19.6 Å². The van der Waals surface area contributed by atoms with E-state index in [0.717, 1.165) is 25.9 Å². The van der Waals surface area contributed by atoms with Gasteiger partial charge in [0.15, 0.2) is 0 Å². The highest BCUT2D eigenvalue weighted by atomic mass is 16.5. The molecule has 3 amide bonds. The molecule has 0 aliphatic carbocycles. The zero-order valence-corrected chi connectivity index (χ0v) is 24.5. The number of carbonyl (C=O) groups is 3. The topological polar surface area (TPSA) is 103 Å². The predicted octanol–water partition coefficient (Wildman–Crippen LogP) is 0.903. The van der Waals surface area contributed by atoms with Crippen LogP contribution in [0.3, 0.4) is 0 Å². The average Bonchev–Trinajstić information content (AvgIpc) is 3.22. The molecule has 0 saturated carbocycles. The Bertz CT molecular complexity index is 1040. The molecule has 3 fully saturated rings. The van der Waals surface area contributed by atoms with Crippen molar-refractivity contribution < 1.29 is 29.0 Å². The first-order chi connectivity index (χ1) is 19.2. The van der Waals surface area contributed by atoms with Crippen LogP contribution in [0.4, 0.5) is 0 Å². The molecule has 5 aliphatic rings. The smallest absolute Gasteiger partial charge is 0.249 e. The molecule has 3 saturated heterocycles. The summed E-state index contributed by atoms with van der Waals surface area (Å²) in [5.74, 6) is -2.21. The fourth-order valence-electron chi connectivity index (χ4n) is 7.49. The van der Waals surface area contributed by atoms with Crippen molar-refractivity contribution in [2.24, 2.45) is 17.8 Å². The van der Waals surface area contributed by atoms with E-state index >= 15 is 0 Å². The molecule has 1 N–H and O–H groups in total. The highest BCUT2D eigenvalue weighted by Crippen LogP contribution is 2.58. The van der Waals surface area contributed by atoms with Gasteiger partial charge in [0.05, 0.1) is 43.3 Å². The van der Waals surface area contributed by atoms with Crippen LogP contribution in [0.25, 0.3) is 0 Å². The molecule has 1 spiro atoms. The number of amides is 3. The highest BCUT2D eigenvalue weighted by molar-refractivity contribution is 6.00. The first-order valence-electron chi connectivity index (χ1n) is 15.1. The molecule has 10 nitrogen and oxygen atoms in total. The number of carbonyl (C=O) groups excluding carboxylic acids is 3. The molecular formula is C30H46N4O6. The van der Waals surface area contributed by atoms with Crippen LogP contribution in [0.2, 0.25) is 0 Å². The number of nitrogens with zero attached hydrogens (tertiary/aromatic N) is 4. The third kappa shape index (κ3) is 4.70. The summed E-state index contributed by atoms with van der Waals surface area (Å²) >= 11 is 0. The van der Waals surface area contributed by atoms with Crippen molar-refractivity contribution in [2.75, 3.05) is 65.6 Å². The number of fused-ring (bicyclic) bond motifs is 2. The van der Waals surface area contributed by atoms with Crippen molar-refractivity contribution in [3.05, 3.63) is 24.3 Å². The first-order valence-corrected chi connectivity index (χ1v) is 15.1. The Kier molecular flexibility index (Phi) is 8.44. The van der Waals surface area contributed by atoms with Crippen LogP contribution in [0.1, 0.15) is 40.5 Å². The molecule has 5 heterocycles. The summed E-state index contributed by atoms with van der Waals surface area (Å²) in [5.41, 5.74) is -2.32. The van der Waals surface area contributed by atoms with Gasteiger partial charge < -0.3 is 29.3 Å². The minimum atomic E-state index is -1.29. The van der Waals surface area contributed by atoms with Gasteiger partial charge in [-0.05, 0) is 19.3 Å². The van der Waals surface area contributed by atoms with Gasteiger partial charge in [-0.1, -0.05) is 51.5 Å². The molecule has 5 aliphatic heterocycles. The summed E-state index contributed by atoms with van der Waals surface area (Å²) in [4.78, 5) is 50.7. The molecule has 1 unspecified atom stereocenters. The normalized spacial score (nSPS) is 35.9. The zero-order chi connectivity index (χ0) is 28.7. The number of aliphatic hydroxyl groups excluding tert-OH is 1.